The molecular weight excluding hydrogens is 160 g/mol. The van der Waals surface area contributed by atoms with E-state index in [1.165, 1.54) is 12.0 Å². The molecule has 0 aromatic heterocycles. The van der Waals surface area contributed by atoms with E-state index in [0.29, 0.717) is 6.61 Å². The van der Waals surface area contributed by atoms with Crippen molar-refractivity contribution in [3.63, 3.8) is 0 Å². The van der Waals surface area contributed by atoms with Crippen molar-refractivity contribution in [3.8, 4) is 0 Å². The van der Waals surface area contributed by atoms with Crippen LogP contribution in [-0.2, 0) is 11.3 Å². The third-order valence-electron chi connectivity index (χ3n) is 1.74. The van der Waals surface area contributed by atoms with Gasteiger partial charge in [-0.2, -0.15) is 0 Å². The highest BCUT2D eigenvalue weighted by molar-refractivity contribution is 5.13. The van der Waals surface area contributed by atoms with Crippen LogP contribution in [0, 0.1) is 0 Å². The highest BCUT2D eigenvalue weighted by Gasteiger charge is 1.87. The molecule has 1 nitrogen and oxygen atoms in total. The van der Waals surface area contributed by atoms with Crippen molar-refractivity contribution in [2.24, 2.45) is 0 Å². The number of rotatable bonds is 5. The summed E-state index contributed by atoms with van der Waals surface area (Å²) < 4.78 is 5.34. The minimum Gasteiger partial charge on any atom is -0.497 e. The second-order valence-electron chi connectivity index (χ2n) is 2.96. The molecule has 1 aromatic rings. The van der Waals surface area contributed by atoms with Gasteiger partial charge in [-0.3, -0.25) is 0 Å². The van der Waals surface area contributed by atoms with Crippen molar-refractivity contribution >= 4 is 0 Å². The van der Waals surface area contributed by atoms with E-state index < -0.39 is 0 Å². The van der Waals surface area contributed by atoms with E-state index in [2.05, 4.69) is 25.1 Å². The van der Waals surface area contributed by atoms with Gasteiger partial charge in [0.25, 0.3) is 0 Å². The highest BCUT2D eigenvalue weighted by Crippen LogP contribution is 2.00. The number of hydrogen-bond acceptors (Lipinski definition) is 1. The first-order chi connectivity index (χ1) is 6.43. The van der Waals surface area contributed by atoms with Crippen molar-refractivity contribution in [2.45, 2.75) is 26.4 Å². The molecule has 0 aliphatic carbocycles. The van der Waals surface area contributed by atoms with Gasteiger partial charge in [-0.25, -0.2) is 0 Å². The summed E-state index contributed by atoms with van der Waals surface area (Å²) in [7, 11) is 0. The lowest BCUT2D eigenvalue weighted by Crippen LogP contribution is -1.84. The van der Waals surface area contributed by atoms with E-state index in [1.54, 1.807) is 6.26 Å². The van der Waals surface area contributed by atoms with Gasteiger partial charge in [-0.15, -0.1) is 0 Å². The van der Waals surface area contributed by atoms with E-state index in [4.69, 9.17) is 4.74 Å². The molecule has 0 unspecified atom stereocenters. The molecule has 0 radical (unpaired) electrons. The summed E-state index contributed by atoms with van der Waals surface area (Å²) in [5, 5.41) is 0. The summed E-state index contributed by atoms with van der Waals surface area (Å²) in [4.78, 5) is 0. The Morgan fingerprint density at radius 2 is 2.00 bits per heavy atom. The molecular formula is C12H16O. The summed E-state index contributed by atoms with van der Waals surface area (Å²) in [6, 6.07) is 10.2. The zero-order valence-corrected chi connectivity index (χ0v) is 8.07. The fourth-order valence-electron chi connectivity index (χ4n) is 1.02. The quantitative estimate of drug-likeness (QED) is 0.624. The first kappa shape index (κ1) is 9.85. The van der Waals surface area contributed by atoms with Crippen molar-refractivity contribution in [2.75, 3.05) is 0 Å². The molecule has 0 saturated carbocycles. The van der Waals surface area contributed by atoms with Gasteiger partial charge in [0.05, 0.1) is 6.26 Å². The lowest BCUT2D eigenvalue weighted by molar-refractivity contribution is 0.235. The topological polar surface area (TPSA) is 9.23 Å². The van der Waals surface area contributed by atoms with Crippen LogP contribution in [0.2, 0.25) is 0 Å². The fourth-order valence-corrected chi connectivity index (χ4v) is 1.02. The third-order valence-corrected chi connectivity index (χ3v) is 1.74. The van der Waals surface area contributed by atoms with Crippen molar-refractivity contribution < 1.29 is 4.74 Å². The van der Waals surface area contributed by atoms with Crippen molar-refractivity contribution in [3.05, 3.63) is 48.2 Å². The summed E-state index contributed by atoms with van der Waals surface area (Å²) >= 11 is 0. The van der Waals surface area contributed by atoms with Gasteiger partial charge in [-0.05, 0) is 18.1 Å². The summed E-state index contributed by atoms with van der Waals surface area (Å²) in [5.74, 6) is 0. The molecule has 13 heavy (non-hydrogen) atoms. The van der Waals surface area contributed by atoms with Gasteiger partial charge in [0.2, 0.25) is 0 Å². The van der Waals surface area contributed by atoms with Crippen LogP contribution in [0.25, 0.3) is 0 Å². The number of ether oxygens (including phenoxy) is 1. The predicted molar refractivity (Wildman–Crippen MR) is 55.3 cm³/mol. The number of unbranched alkanes of at least 4 members (excludes halogenated alkanes) is 1. The van der Waals surface area contributed by atoms with E-state index in [1.807, 2.05) is 18.2 Å². The van der Waals surface area contributed by atoms with Crippen molar-refractivity contribution in [1.82, 2.24) is 0 Å². The molecule has 0 atom stereocenters. The molecule has 0 aliphatic rings. The number of allylic oxidation sites excluding steroid dienone is 1. The van der Waals surface area contributed by atoms with Crippen LogP contribution in [-0.4, -0.2) is 0 Å². The van der Waals surface area contributed by atoms with Gasteiger partial charge >= 0.3 is 0 Å². The molecule has 1 heteroatoms. The normalized spacial score (nSPS) is 10.5. The van der Waals surface area contributed by atoms with Gasteiger partial charge < -0.3 is 4.74 Å². The molecule has 0 saturated heterocycles. The largest absolute Gasteiger partial charge is 0.497 e. The van der Waals surface area contributed by atoms with Crippen LogP contribution >= 0.6 is 0 Å². The first-order valence-corrected chi connectivity index (χ1v) is 4.74. The van der Waals surface area contributed by atoms with Gasteiger partial charge in [0, 0.05) is 0 Å². The minimum absolute atomic E-state index is 0.668. The first-order valence-electron chi connectivity index (χ1n) is 4.74. The number of benzene rings is 1. The highest BCUT2D eigenvalue weighted by atomic mass is 16.5. The van der Waals surface area contributed by atoms with Gasteiger partial charge in [-0.1, -0.05) is 43.7 Å². The lowest BCUT2D eigenvalue weighted by Gasteiger charge is -1.99. The molecule has 1 rings (SSSR count). The maximum absolute atomic E-state index is 5.34. The Kier molecular flexibility index (Phi) is 4.77. The van der Waals surface area contributed by atoms with Gasteiger partial charge in [0.1, 0.15) is 6.61 Å². The average molecular weight is 176 g/mol. The zero-order chi connectivity index (χ0) is 9.36. The van der Waals surface area contributed by atoms with Crippen LogP contribution in [0.3, 0.4) is 0 Å². The van der Waals surface area contributed by atoms with Crippen LogP contribution < -0.4 is 0 Å². The molecule has 0 fully saturated rings. The second-order valence-corrected chi connectivity index (χ2v) is 2.96. The van der Waals surface area contributed by atoms with Crippen molar-refractivity contribution in [1.29, 1.82) is 0 Å². The summed E-state index contributed by atoms with van der Waals surface area (Å²) in [5.41, 5.74) is 1.21. The molecule has 0 heterocycles. The summed E-state index contributed by atoms with van der Waals surface area (Å²) in [6.07, 6.45) is 6.11. The van der Waals surface area contributed by atoms with Crippen LogP contribution in [0.5, 0.6) is 0 Å². The Morgan fingerprint density at radius 1 is 1.23 bits per heavy atom. The molecule has 0 amide bonds. The monoisotopic (exact) mass is 176 g/mol. The van der Waals surface area contributed by atoms with E-state index >= 15 is 0 Å². The van der Waals surface area contributed by atoms with Crippen LogP contribution in [0.1, 0.15) is 25.3 Å². The Balaban J connectivity index is 2.20. The predicted octanol–water partition coefficient (Wildman–Crippen LogP) is 3.52. The zero-order valence-electron chi connectivity index (χ0n) is 8.07. The fraction of sp³-hybridized carbons (Fsp3) is 0.333. The van der Waals surface area contributed by atoms with Crippen LogP contribution in [0.15, 0.2) is 42.7 Å². The smallest absolute Gasteiger partial charge is 0.112 e. The minimum atomic E-state index is 0.668. The van der Waals surface area contributed by atoms with E-state index in [-0.39, 0.29) is 0 Å². The Bertz CT molecular complexity index is 239. The molecule has 0 N–H and O–H groups in total. The maximum atomic E-state index is 5.34. The summed E-state index contributed by atoms with van der Waals surface area (Å²) in [6.45, 7) is 2.82. The maximum Gasteiger partial charge on any atom is 0.112 e. The standard InChI is InChI=1S/C12H16O/c1-2-3-7-10-13-11-12-8-5-4-6-9-12/h4-10H,2-3,11H2,1H3. The molecule has 0 aliphatic heterocycles. The van der Waals surface area contributed by atoms with E-state index in [0.717, 1.165) is 6.42 Å². The third kappa shape index (κ3) is 4.36. The average Bonchev–Trinajstić information content (AvgIpc) is 2.19. The second kappa shape index (κ2) is 6.30. The van der Waals surface area contributed by atoms with Crippen LogP contribution in [0.4, 0.5) is 0 Å². The Morgan fingerprint density at radius 3 is 2.69 bits per heavy atom. The Hall–Kier alpha value is -1.24. The molecule has 0 bridgehead atoms. The van der Waals surface area contributed by atoms with Gasteiger partial charge in [0.15, 0.2) is 0 Å². The van der Waals surface area contributed by atoms with E-state index in [9.17, 15) is 0 Å². The molecule has 0 spiro atoms. The lowest BCUT2D eigenvalue weighted by atomic mass is 10.2. The molecule has 1 aromatic carbocycles. The molecule has 70 valence electrons. The SMILES string of the molecule is CCCC=COCc1ccccc1. The Labute approximate surface area is 80.0 Å². The number of hydrogen-bond donors (Lipinski definition) is 0.